The van der Waals surface area contributed by atoms with Gasteiger partial charge in [-0.25, -0.2) is 19.4 Å². The molecule has 0 aliphatic carbocycles. The highest BCUT2D eigenvalue weighted by Crippen LogP contribution is 2.38. The van der Waals surface area contributed by atoms with Gasteiger partial charge < -0.3 is 4.74 Å². The van der Waals surface area contributed by atoms with Gasteiger partial charge in [-0.3, -0.25) is 4.18 Å². The first-order valence-corrected chi connectivity index (χ1v) is 10.9. The summed E-state index contributed by atoms with van der Waals surface area (Å²) in [4.78, 5) is 25.3. The molecule has 1 aliphatic heterocycles. The van der Waals surface area contributed by atoms with Crippen LogP contribution in [-0.4, -0.2) is 55.5 Å². The number of carbonyl (C=O) groups is 2. The minimum atomic E-state index is -3.65. The molecule has 3 atom stereocenters. The van der Waals surface area contributed by atoms with Crippen LogP contribution in [-0.2, 0) is 25.6 Å². The third-order valence-electron chi connectivity index (χ3n) is 5.14. The van der Waals surface area contributed by atoms with Crippen LogP contribution in [0.5, 0.6) is 0 Å². The number of quaternary nitrogens is 1. The van der Waals surface area contributed by atoms with E-state index in [1.165, 1.54) is 0 Å². The maximum Gasteiger partial charge on any atom is 0.426 e. The Labute approximate surface area is 166 Å². The second-order valence-corrected chi connectivity index (χ2v) is 9.82. The van der Waals surface area contributed by atoms with E-state index < -0.39 is 33.9 Å². The first kappa shape index (κ1) is 22.3. The Morgan fingerprint density at radius 3 is 2.36 bits per heavy atom. The van der Waals surface area contributed by atoms with Crippen LogP contribution < -0.4 is 5.32 Å². The number of likely N-dealkylation sites (tertiary alicyclic amines) is 1. The van der Waals surface area contributed by atoms with E-state index in [1.54, 1.807) is 0 Å². The minimum Gasteiger partial charge on any atom is -0.444 e. The average Bonchev–Trinajstić information content (AvgIpc) is 2.89. The molecule has 0 bridgehead atoms. The largest absolute Gasteiger partial charge is 0.444 e. The van der Waals surface area contributed by atoms with E-state index in [0.29, 0.717) is 6.42 Å². The standard InChI is InChI=1S/C19H28N2O6S/c1-14-11-16(27-28(5,24)25)12-21(14,19(2,3)4)17(22)20-18(23)26-13-15-9-7-6-8-10-15/h6-10,14,16H,11-13H2,1-5H3/p+1/t14?,16-,21?/m0/s1. The molecule has 8 nitrogen and oxygen atoms in total. The number of carbonyl (C=O) groups excluding carboxylic acids is 2. The van der Waals surface area contributed by atoms with Crippen LogP contribution in [0.3, 0.4) is 0 Å². The first-order chi connectivity index (χ1) is 12.8. The van der Waals surface area contributed by atoms with Crippen molar-refractivity contribution < 1.29 is 31.4 Å². The number of hydrogen-bond acceptors (Lipinski definition) is 6. The normalized spacial score (nSPS) is 25.3. The lowest BCUT2D eigenvalue weighted by Gasteiger charge is -2.45. The molecular formula is C19H29N2O6S+. The van der Waals surface area contributed by atoms with Crippen molar-refractivity contribution in [3.8, 4) is 0 Å². The van der Waals surface area contributed by atoms with Crippen molar-refractivity contribution in [1.82, 2.24) is 5.32 Å². The Bertz CT molecular complexity index is 819. The van der Waals surface area contributed by atoms with Gasteiger partial charge in [-0.1, -0.05) is 30.3 Å². The molecule has 0 saturated carbocycles. The maximum atomic E-state index is 13.1. The van der Waals surface area contributed by atoms with Crippen LogP contribution in [0.25, 0.3) is 0 Å². The summed E-state index contributed by atoms with van der Waals surface area (Å²) in [6.07, 6.45) is -0.0924. The molecule has 2 rings (SSSR count). The lowest BCUT2D eigenvalue weighted by molar-refractivity contribution is -0.907. The van der Waals surface area contributed by atoms with Crippen LogP contribution in [0.15, 0.2) is 30.3 Å². The summed E-state index contributed by atoms with van der Waals surface area (Å²) < 4.78 is 33.2. The number of benzene rings is 1. The first-order valence-electron chi connectivity index (χ1n) is 9.13. The van der Waals surface area contributed by atoms with Gasteiger partial charge >= 0.3 is 12.1 Å². The number of alkyl carbamates (subject to hydrolysis) is 1. The molecule has 0 aromatic heterocycles. The van der Waals surface area contributed by atoms with Gasteiger partial charge in [0.1, 0.15) is 19.3 Å². The van der Waals surface area contributed by atoms with E-state index in [0.717, 1.165) is 11.8 Å². The smallest absolute Gasteiger partial charge is 0.426 e. The fraction of sp³-hybridized carbons (Fsp3) is 0.579. The van der Waals surface area contributed by atoms with Crippen molar-refractivity contribution in [1.29, 1.82) is 0 Å². The highest BCUT2D eigenvalue weighted by Gasteiger charge is 2.58. The zero-order valence-corrected chi connectivity index (χ0v) is 17.8. The Balaban J connectivity index is 2.12. The number of imide groups is 1. The minimum absolute atomic E-state index is 0.0465. The molecule has 1 fully saturated rings. The van der Waals surface area contributed by atoms with E-state index in [2.05, 4.69) is 5.32 Å². The Morgan fingerprint density at radius 1 is 1.21 bits per heavy atom. The van der Waals surface area contributed by atoms with Crippen molar-refractivity contribution >= 4 is 22.2 Å². The molecule has 3 amide bonds. The van der Waals surface area contributed by atoms with Gasteiger partial charge in [-0.15, -0.1) is 0 Å². The van der Waals surface area contributed by atoms with Crippen molar-refractivity contribution in [2.75, 3.05) is 12.8 Å². The van der Waals surface area contributed by atoms with Gasteiger partial charge in [0.15, 0.2) is 0 Å². The molecule has 156 valence electrons. The molecule has 0 spiro atoms. The number of urea groups is 1. The molecule has 28 heavy (non-hydrogen) atoms. The highest BCUT2D eigenvalue weighted by atomic mass is 32.2. The predicted octanol–water partition coefficient (Wildman–Crippen LogP) is 2.79. The lowest BCUT2D eigenvalue weighted by Crippen LogP contribution is -2.69. The van der Waals surface area contributed by atoms with E-state index in [-0.39, 0.29) is 23.7 Å². The summed E-state index contributed by atoms with van der Waals surface area (Å²) in [5.41, 5.74) is 0.222. The predicted molar refractivity (Wildman–Crippen MR) is 104 cm³/mol. The number of ether oxygens (including phenoxy) is 1. The molecular weight excluding hydrogens is 384 g/mol. The number of nitrogens with zero attached hydrogens (tertiary/aromatic N) is 1. The zero-order chi connectivity index (χ0) is 21.2. The number of amides is 3. The monoisotopic (exact) mass is 413 g/mol. The van der Waals surface area contributed by atoms with Crippen LogP contribution >= 0.6 is 0 Å². The van der Waals surface area contributed by atoms with Gasteiger partial charge in [0.05, 0.1) is 17.8 Å². The molecule has 1 saturated heterocycles. The topological polar surface area (TPSA) is 98.8 Å². The number of rotatable bonds is 4. The molecule has 2 unspecified atom stereocenters. The molecule has 1 N–H and O–H groups in total. The molecule has 9 heteroatoms. The van der Waals surface area contributed by atoms with Crippen molar-refractivity contribution in [2.45, 2.75) is 58.4 Å². The average molecular weight is 414 g/mol. The molecule has 1 heterocycles. The Hall–Kier alpha value is -1.97. The van der Waals surface area contributed by atoms with Gasteiger partial charge in [-0.05, 0) is 33.3 Å². The third-order valence-corrected chi connectivity index (χ3v) is 5.76. The van der Waals surface area contributed by atoms with Crippen LogP contribution in [0.2, 0.25) is 0 Å². The fourth-order valence-electron chi connectivity index (χ4n) is 3.92. The van der Waals surface area contributed by atoms with E-state index in [1.807, 2.05) is 58.0 Å². The van der Waals surface area contributed by atoms with Crippen molar-refractivity contribution in [2.24, 2.45) is 0 Å². The maximum absolute atomic E-state index is 13.1. The number of hydrogen-bond donors (Lipinski definition) is 1. The summed E-state index contributed by atoms with van der Waals surface area (Å²) in [7, 11) is -3.65. The molecule has 0 radical (unpaired) electrons. The third kappa shape index (κ3) is 5.09. The quantitative estimate of drug-likeness (QED) is 0.602. The van der Waals surface area contributed by atoms with Crippen LogP contribution in [0.4, 0.5) is 9.59 Å². The Kier molecular flexibility index (Phi) is 6.52. The Morgan fingerprint density at radius 2 is 1.82 bits per heavy atom. The molecule has 1 aromatic carbocycles. The van der Waals surface area contributed by atoms with Gasteiger partial charge in [0.25, 0.3) is 10.1 Å². The van der Waals surface area contributed by atoms with E-state index in [4.69, 9.17) is 8.92 Å². The fourth-order valence-corrected chi connectivity index (χ4v) is 4.56. The SMILES string of the molecule is CC1C[C@H](OS(C)(=O)=O)C[N+]1(C(=O)NC(=O)OCc1ccccc1)C(C)(C)C. The van der Waals surface area contributed by atoms with Gasteiger partial charge in [0, 0.05) is 6.42 Å². The van der Waals surface area contributed by atoms with Gasteiger partial charge in [0.2, 0.25) is 0 Å². The summed E-state index contributed by atoms with van der Waals surface area (Å²) in [6, 6.07) is 8.37. The second kappa shape index (κ2) is 8.18. The summed E-state index contributed by atoms with van der Waals surface area (Å²) >= 11 is 0. The van der Waals surface area contributed by atoms with E-state index in [9.17, 15) is 18.0 Å². The highest BCUT2D eigenvalue weighted by molar-refractivity contribution is 7.86. The number of nitrogens with one attached hydrogen (secondary N) is 1. The summed E-state index contributed by atoms with van der Waals surface area (Å²) in [5, 5.41) is 2.32. The summed E-state index contributed by atoms with van der Waals surface area (Å²) in [5.74, 6) is 0. The van der Waals surface area contributed by atoms with Crippen molar-refractivity contribution in [3.63, 3.8) is 0 Å². The molecule has 1 aliphatic rings. The van der Waals surface area contributed by atoms with Crippen molar-refractivity contribution in [3.05, 3.63) is 35.9 Å². The van der Waals surface area contributed by atoms with E-state index >= 15 is 0 Å². The van der Waals surface area contributed by atoms with Gasteiger partial charge in [-0.2, -0.15) is 8.42 Å². The molecule has 1 aromatic rings. The van der Waals surface area contributed by atoms with Crippen LogP contribution in [0, 0.1) is 0 Å². The lowest BCUT2D eigenvalue weighted by atomic mass is 10.0. The summed E-state index contributed by atoms with van der Waals surface area (Å²) in [6.45, 7) is 7.68. The van der Waals surface area contributed by atoms with Crippen LogP contribution in [0.1, 0.15) is 39.7 Å². The zero-order valence-electron chi connectivity index (χ0n) is 17.0. The second-order valence-electron chi connectivity index (χ2n) is 8.22.